The van der Waals surface area contributed by atoms with Crippen LogP contribution in [0.3, 0.4) is 0 Å². The lowest BCUT2D eigenvalue weighted by Gasteiger charge is -2.31. The van der Waals surface area contributed by atoms with E-state index in [0.717, 1.165) is 43.8 Å². The van der Waals surface area contributed by atoms with Gasteiger partial charge in [-0.05, 0) is 56.6 Å². The van der Waals surface area contributed by atoms with Crippen molar-refractivity contribution >= 4 is 11.1 Å². The van der Waals surface area contributed by atoms with Gasteiger partial charge in [-0.3, -0.25) is 4.90 Å². The fraction of sp³-hybridized carbons (Fsp3) is 0.391. The number of hydrogen-bond acceptors (Lipinski definition) is 5. The molecule has 30 heavy (non-hydrogen) atoms. The SMILES string of the molecule is C#CCOc1cccc(CN2CCC(c3cc(C(F)F)c4c(C)noc4n3)CC2)c1. The van der Waals surface area contributed by atoms with Gasteiger partial charge in [0.1, 0.15) is 12.4 Å². The number of hydrogen-bond donors (Lipinski definition) is 0. The van der Waals surface area contributed by atoms with E-state index >= 15 is 0 Å². The number of benzene rings is 1. The normalized spacial score (nSPS) is 15.6. The van der Waals surface area contributed by atoms with Gasteiger partial charge < -0.3 is 9.26 Å². The summed E-state index contributed by atoms with van der Waals surface area (Å²) in [5.41, 5.74) is 2.42. The first-order chi connectivity index (χ1) is 14.5. The average molecular weight is 411 g/mol. The molecule has 0 bridgehead atoms. The summed E-state index contributed by atoms with van der Waals surface area (Å²) in [6.45, 7) is 4.43. The standard InChI is InChI=1S/C23H23F2N3O2/c1-3-11-29-18-6-4-5-16(12-18)14-28-9-7-17(8-10-28)20-13-19(22(24)25)21-15(2)27-30-23(21)26-20/h1,4-6,12-13,17,22H,7-11,14H2,2H3. The van der Waals surface area contributed by atoms with Gasteiger partial charge in [0.15, 0.2) is 0 Å². The van der Waals surface area contributed by atoms with E-state index in [0.29, 0.717) is 16.8 Å². The molecule has 0 spiro atoms. The maximum atomic E-state index is 13.6. The molecule has 156 valence electrons. The van der Waals surface area contributed by atoms with Gasteiger partial charge in [-0.15, -0.1) is 6.42 Å². The number of nitrogens with zero attached hydrogens (tertiary/aromatic N) is 3. The van der Waals surface area contributed by atoms with Crippen LogP contribution in [-0.4, -0.2) is 34.7 Å². The zero-order chi connectivity index (χ0) is 21.1. The largest absolute Gasteiger partial charge is 0.481 e. The molecule has 0 amide bonds. The van der Waals surface area contributed by atoms with Crippen LogP contribution < -0.4 is 4.74 Å². The van der Waals surface area contributed by atoms with Crippen molar-refractivity contribution in [2.45, 2.75) is 38.7 Å². The number of pyridine rings is 1. The molecule has 1 aliphatic heterocycles. The molecule has 1 fully saturated rings. The second-order valence-corrected chi connectivity index (χ2v) is 7.58. The van der Waals surface area contributed by atoms with Crippen LogP contribution >= 0.6 is 0 Å². The minimum atomic E-state index is -2.59. The molecule has 3 aromatic rings. The fourth-order valence-corrected chi connectivity index (χ4v) is 4.03. The van der Waals surface area contributed by atoms with Gasteiger partial charge in [-0.1, -0.05) is 23.2 Å². The van der Waals surface area contributed by atoms with E-state index in [1.54, 1.807) is 6.92 Å². The Hall–Kier alpha value is -2.98. The smallest absolute Gasteiger partial charge is 0.264 e. The number of rotatable bonds is 6. The van der Waals surface area contributed by atoms with Gasteiger partial charge in [0, 0.05) is 23.7 Å². The minimum absolute atomic E-state index is 0.0417. The molecular weight excluding hydrogens is 388 g/mol. The van der Waals surface area contributed by atoms with E-state index in [-0.39, 0.29) is 23.8 Å². The molecule has 3 heterocycles. The first-order valence-electron chi connectivity index (χ1n) is 9.97. The number of aromatic nitrogens is 2. The minimum Gasteiger partial charge on any atom is -0.481 e. The van der Waals surface area contributed by atoms with Crippen LogP contribution in [0.2, 0.25) is 0 Å². The highest BCUT2D eigenvalue weighted by Crippen LogP contribution is 2.35. The molecule has 0 saturated carbocycles. The summed E-state index contributed by atoms with van der Waals surface area (Å²) < 4.78 is 37.8. The van der Waals surface area contributed by atoms with Gasteiger partial charge in [-0.2, -0.15) is 0 Å². The summed E-state index contributed by atoms with van der Waals surface area (Å²) in [6.07, 6.45) is 4.35. The number of likely N-dealkylation sites (tertiary alicyclic amines) is 1. The summed E-state index contributed by atoms with van der Waals surface area (Å²) in [4.78, 5) is 6.85. The van der Waals surface area contributed by atoms with Crippen molar-refractivity contribution in [2.24, 2.45) is 0 Å². The Balaban J connectivity index is 1.43. The molecule has 4 rings (SSSR count). The third-order valence-corrected chi connectivity index (χ3v) is 5.54. The maximum absolute atomic E-state index is 13.6. The first kappa shape index (κ1) is 20.3. The van der Waals surface area contributed by atoms with Crippen LogP contribution in [0.5, 0.6) is 5.75 Å². The second-order valence-electron chi connectivity index (χ2n) is 7.58. The van der Waals surface area contributed by atoms with Crippen molar-refractivity contribution in [1.82, 2.24) is 15.0 Å². The number of halogens is 2. The van der Waals surface area contributed by atoms with Crippen LogP contribution in [0, 0.1) is 19.3 Å². The van der Waals surface area contributed by atoms with Crippen molar-refractivity contribution in [2.75, 3.05) is 19.7 Å². The van der Waals surface area contributed by atoms with Crippen LogP contribution in [0.1, 0.15) is 47.7 Å². The van der Waals surface area contributed by atoms with E-state index < -0.39 is 6.43 Å². The quantitative estimate of drug-likeness (QED) is 0.542. The molecule has 5 nitrogen and oxygen atoms in total. The van der Waals surface area contributed by atoms with E-state index in [2.05, 4.69) is 27.0 Å². The Bertz CT molecular complexity index is 1070. The highest BCUT2D eigenvalue weighted by molar-refractivity contribution is 5.80. The molecule has 0 N–H and O–H groups in total. The Kier molecular flexibility index (Phi) is 5.96. The van der Waals surface area contributed by atoms with E-state index in [1.807, 2.05) is 18.2 Å². The van der Waals surface area contributed by atoms with Crippen molar-refractivity contribution in [1.29, 1.82) is 0 Å². The number of ether oxygens (including phenoxy) is 1. The predicted octanol–water partition coefficient (Wildman–Crippen LogP) is 4.86. The van der Waals surface area contributed by atoms with Gasteiger partial charge >= 0.3 is 0 Å². The van der Waals surface area contributed by atoms with Crippen LogP contribution in [0.4, 0.5) is 8.78 Å². The van der Waals surface area contributed by atoms with Crippen molar-refractivity contribution < 1.29 is 18.0 Å². The molecular formula is C23H23F2N3O2. The molecule has 1 saturated heterocycles. The molecule has 0 atom stereocenters. The number of alkyl halides is 2. The summed E-state index contributed by atoms with van der Waals surface area (Å²) in [5, 5.41) is 4.14. The van der Waals surface area contributed by atoms with E-state index in [9.17, 15) is 8.78 Å². The lowest BCUT2D eigenvalue weighted by molar-refractivity contribution is 0.152. The van der Waals surface area contributed by atoms with Crippen molar-refractivity contribution in [3.05, 3.63) is 52.8 Å². The molecule has 1 aromatic carbocycles. The average Bonchev–Trinajstić information content (AvgIpc) is 3.13. The summed E-state index contributed by atoms with van der Waals surface area (Å²) in [6, 6.07) is 9.44. The summed E-state index contributed by atoms with van der Waals surface area (Å²) >= 11 is 0. The molecule has 7 heteroatoms. The van der Waals surface area contributed by atoms with Crippen LogP contribution in [0.15, 0.2) is 34.9 Å². The van der Waals surface area contributed by atoms with E-state index in [1.165, 1.54) is 6.07 Å². The zero-order valence-electron chi connectivity index (χ0n) is 16.8. The molecule has 1 aliphatic rings. The van der Waals surface area contributed by atoms with Crippen molar-refractivity contribution in [3.63, 3.8) is 0 Å². The molecule has 0 aliphatic carbocycles. The highest BCUT2D eigenvalue weighted by atomic mass is 19.3. The second kappa shape index (κ2) is 8.80. The van der Waals surface area contributed by atoms with Crippen LogP contribution in [0.25, 0.3) is 11.1 Å². The monoisotopic (exact) mass is 411 g/mol. The third-order valence-electron chi connectivity index (χ3n) is 5.54. The fourth-order valence-electron chi connectivity index (χ4n) is 4.03. The molecule has 0 unspecified atom stereocenters. The van der Waals surface area contributed by atoms with Gasteiger partial charge in [0.05, 0.1) is 11.1 Å². The Morgan fingerprint density at radius 1 is 1.30 bits per heavy atom. The Morgan fingerprint density at radius 2 is 2.10 bits per heavy atom. The molecule has 2 aromatic heterocycles. The predicted molar refractivity (Wildman–Crippen MR) is 110 cm³/mol. The van der Waals surface area contributed by atoms with E-state index in [4.69, 9.17) is 15.7 Å². The number of aryl methyl sites for hydroxylation is 1. The van der Waals surface area contributed by atoms with Crippen LogP contribution in [-0.2, 0) is 6.54 Å². The summed E-state index contributed by atoms with van der Waals surface area (Å²) in [5.74, 6) is 3.35. The first-order valence-corrected chi connectivity index (χ1v) is 9.97. The number of terminal acetylenes is 1. The maximum Gasteiger partial charge on any atom is 0.264 e. The number of fused-ring (bicyclic) bond motifs is 1. The topological polar surface area (TPSA) is 51.4 Å². The van der Waals surface area contributed by atoms with Gasteiger partial charge in [0.25, 0.3) is 12.1 Å². The highest BCUT2D eigenvalue weighted by Gasteiger charge is 2.26. The van der Waals surface area contributed by atoms with Crippen molar-refractivity contribution in [3.8, 4) is 18.1 Å². The van der Waals surface area contributed by atoms with Gasteiger partial charge in [0.2, 0.25) is 0 Å². The number of piperidine rings is 1. The van der Waals surface area contributed by atoms with Gasteiger partial charge in [-0.25, -0.2) is 13.8 Å². The lowest BCUT2D eigenvalue weighted by atomic mass is 9.91. The lowest BCUT2D eigenvalue weighted by Crippen LogP contribution is -2.32. The zero-order valence-corrected chi connectivity index (χ0v) is 16.8. The Labute approximate surface area is 174 Å². The Morgan fingerprint density at radius 3 is 2.83 bits per heavy atom. The third kappa shape index (κ3) is 4.29. The molecule has 0 radical (unpaired) electrons. The summed E-state index contributed by atoms with van der Waals surface area (Å²) in [7, 11) is 0.